The number of para-hydroxylation sites is 1. The van der Waals surface area contributed by atoms with Crippen molar-refractivity contribution in [2.75, 3.05) is 30.3 Å². The van der Waals surface area contributed by atoms with E-state index in [0.29, 0.717) is 18.3 Å². The Balaban J connectivity index is 1.59. The summed E-state index contributed by atoms with van der Waals surface area (Å²) >= 11 is 0. The molecule has 0 spiro atoms. The Morgan fingerprint density at radius 3 is 2.47 bits per heavy atom. The van der Waals surface area contributed by atoms with Crippen molar-refractivity contribution >= 4 is 23.0 Å². The van der Waals surface area contributed by atoms with Crippen molar-refractivity contribution in [2.24, 2.45) is 0 Å². The van der Waals surface area contributed by atoms with Crippen LogP contribution in [0.3, 0.4) is 0 Å². The number of amides is 1. The van der Waals surface area contributed by atoms with Gasteiger partial charge in [0, 0.05) is 44.4 Å². The fourth-order valence-corrected chi connectivity index (χ4v) is 3.97. The monoisotopic (exact) mass is 480 g/mol. The van der Waals surface area contributed by atoms with E-state index in [-0.39, 0.29) is 36.8 Å². The lowest BCUT2D eigenvalue weighted by Gasteiger charge is -2.35. The van der Waals surface area contributed by atoms with Gasteiger partial charge in [0.15, 0.2) is 0 Å². The first-order valence-corrected chi connectivity index (χ1v) is 10.9. The van der Waals surface area contributed by atoms with Gasteiger partial charge in [0.05, 0.1) is 22.7 Å². The van der Waals surface area contributed by atoms with Crippen molar-refractivity contribution in [2.45, 2.75) is 45.2 Å². The zero-order chi connectivity index (χ0) is 24.9. The summed E-state index contributed by atoms with van der Waals surface area (Å²) in [4.78, 5) is 25.0. The molecule has 0 radical (unpaired) electrons. The number of morpholine rings is 1. The lowest BCUT2D eigenvalue weighted by molar-refractivity contribution is -0.384. The summed E-state index contributed by atoms with van der Waals surface area (Å²) in [5.41, 5.74) is -0.275. The lowest BCUT2D eigenvalue weighted by Crippen LogP contribution is -2.44. The molecule has 2 N–H and O–H groups in total. The Kier molecular flexibility index (Phi) is 8.11. The highest BCUT2D eigenvalue weighted by Gasteiger charge is 2.33. The average molecular weight is 480 g/mol. The number of nitrogens with zero attached hydrogens (tertiary/aromatic N) is 2. The molecule has 184 valence electrons. The molecular weight excluding hydrogens is 453 g/mol. The van der Waals surface area contributed by atoms with Gasteiger partial charge in [-0.25, -0.2) is 0 Å². The Morgan fingerprint density at radius 1 is 1.15 bits per heavy atom. The molecule has 1 aliphatic rings. The molecule has 1 amide bonds. The number of alkyl halides is 3. The number of hydrogen-bond acceptors (Lipinski definition) is 6. The number of nitro benzene ring substituents is 1. The van der Waals surface area contributed by atoms with E-state index in [1.165, 1.54) is 0 Å². The van der Waals surface area contributed by atoms with E-state index in [1.807, 2.05) is 32.0 Å². The minimum atomic E-state index is -4.69. The number of carbonyl (C=O) groups is 1. The fraction of sp³-hybridized carbons (Fsp3) is 0.435. The van der Waals surface area contributed by atoms with Gasteiger partial charge in [0.25, 0.3) is 5.69 Å². The van der Waals surface area contributed by atoms with Crippen LogP contribution in [0.4, 0.5) is 30.2 Å². The van der Waals surface area contributed by atoms with Gasteiger partial charge in [0.2, 0.25) is 5.91 Å². The van der Waals surface area contributed by atoms with E-state index in [9.17, 15) is 28.1 Å². The molecule has 1 heterocycles. The number of carbonyl (C=O) groups excluding carboxylic acids is 1. The van der Waals surface area contributed by atoms with E-state index in [0.717, 1.165) is 30.8 Å². The van der Waals surface area contributed by atoms with Crippen molar-refractivity contribution in [3.05, 3.63) is 63.7 Å². The van der Waals surface area contributed by atoms with Gasteiger partial charge in [0.1, 0.15) is 5.69 Å². The van der Waals surface area contributed by atoms with Gasteiger partial charge in [-0.1, -0.05) is 18.2 Å². The van der Waals surface area contributed by atoms with Crippen LogP contribution in [-0.2, 0) is 22.3 Å². The van der Waals surface area contributed by atoms with Gasteiger partial charge in [-0.05, 0) is 37.6 Å². The Morgan fingerprint density at radius 2 is 1.82 bits per heavy atom. The molecule has 0 bridgehead atoms. The van der Waals surface area contributed by atoms with Crippen LogP contribution in [0.25, 0.3) is 0 Å². The van der Waals surface area contributed by atoms with Gasteiger partial charge in [-0.15, -0.1) is 0 Å². The quantitative estimate of drug-likeness (QED) is 0.421. The fourth-order valence-electron chi connectivity index (χ4n) is 3.97. The number of halogens is 3. The third-order valence-electron chi connectivity index (χ3n) is 5.37. The van der Waals surface area contributed by atoms with Crippen molar-refractivity contribution in [3.8, 4) is 0 Å². The summed E-state index contributed by atoms with van der Waals surface area (Å²) in [6.07, 6.45) is -4.48. The molecule has 3 rings (SSSR count). The first-order chi connectivity index (χ1) is 16.0. The first-order valence-electron chi connectivity index (χ1n) is 10.9. The number of anilines is 2. The predicted molar refractivity (Wildman–Crippen MR) is 122 cm³/mol. The largest absolute Gasteiger partial charge is 0.416 e. The standard InChI is InChI=1S/C23H27F3N4O4/c1-15-12-29(13-16(2)34-15)14-17-5-3-4-6-19(17)28-22(31)9-10-27-20-8-7-18(23(24,25)26)11-21(20)30(32)33/h3-8,11,15-16,27H,9-10,12-14H2,1-2H3,(H,28,31). The molecule has 0 saturated carbocycles. The average Bonchev–Trinajstić information content (AvgIpc) is 2.73. The topological polar surface area (TPSA) is 96.7 Å². The van der Waals surface area contributed by atoms with Crippen LogP contribution >= 0.6 is 0 Å². The van der Waals surface area contributed by atoms with Crippen molar-refractivity contribution in [1.82, 2.24) is 4.90 Å². The van der Waals surface area contributed by atoms with E-state index in [4.69, 9.17) is 4.74 Å². The molecular formula is C23H27F3N4O4. The van der Waals surface area contributed by atoms with E-state index in [2.05, 4.69) is 15.5 Å². The lowest BCUT2D eigenvalue weighted by atomic mass is 10.1. The first kappa shape index (κ1) is 25.4. The normalized spacial score (nSPS) is 19.0. The molecule has 34 heavy (non-hydrogen) atoms. The van der Waals surface area contributed by atoms with Gasteiger partial charge >= 0.3 is 6.18 Å². The zero-order valence-electron chi connectivity index (χ0n) is 18.9. The molecule has 0 aromatic heterocycles. The van der Waals surface area contributed by atoms with E-state index < -0.39 is 22.4 Å². The second kappa shape index (κ2) is 10.8. The maximum absolute atomic E-state index is 12.8. The highest BCUT2D eigenvalue weighted by molar-refractivity contribution is 5.91. The van der Waals surface area contributed by atoms with Crippen LogP contribution in [0.5, 0.6) is 0 Å². The second-order valence-electron chi connectivity index (χ2n) is 8.32. The van der Waals surface area contributed by atoms with Crippen molar-refractivity contribution in [1.29, 1.82) is 0 Å². The van der Waals surface area contributed by atoms with Crippen LogP contribution in [-0.4, -0.2) is 47.6 Å². The molecule has 8 nitrogen and oxygen atoms in total. The van der Waals surface area contributed by atoms with Crippen LogP contribution in [0, 0.1) is 10.1 Å². The molecule has 11 heteroatoms. The van der Waals surface area contributed by atoms with Crippen LogP contribution < -0.4 is 10.6 Å². The molecule has 2 aromatic rings. The predicted octanol–water partition coefficient (Wildman–Crippen LogP) is 4.66. The zero-order valence-corrected chi connectivity index (χ0v) is 18.9. The Labute approximate surface area is 195 Å². The van der Waals surface area contributed by atoms with Crippen LogP contribution in [0.1, 0.15) is 31.4 Å². The minimum Gasteiger partial charge on any atom is -0.379 e. The number of ether oxygens (including phenoxy) is 1. The Hall–Kier alpha value is -3.18. The van der Waals surface area contributed by atoms with E-state index >= 15 is 0 Å². The molecule has 2 atom stereocenters. The van der Waals surface area contributed by atoms with Gasteiger partial charge in [-0.2, -0.15) is 13.2 Å². The van der Waals surface area contributed by atoms with Crippen molar-refractivity contribution < 1.29 is 27.6 Å². The summed E-state index contributed by atoms with van der Waals surface area (Å²) in [6, 6.07) is 9.68. The minimum absolute atomic E-state index is 0.0126. The van der Waals surface area contributed by atoms with Crippen LogP contribution in [0.2, 0.25) is 0 Å². The maximum atomic E-state index is 12.8. The smallest absolute Gasteiger partial charge is 0.379 e. The highest BCUT2D eigenvalue weighted by atomic mass is 19.4. The number of nitrogens with one attached hydrogen (secondary N) is 2. The molecule has 2 unspecified atom stereocenters. The molecule has 2 aromatic carbocycles. The molecule has 0 aliphatic carbocycles. The van der Waals surface area contributed by atoms with Gasteiger partial charge < -0.3 is 15.4 Å². The van der Waals surface area contributed by atoms with E-state index in [1.54, 1.807) is 6.07 Å². The van der Waals surface area contributed by atoms with Crippen molar-refractivity contribution in [3.63, 3.8) is 0 Å². The van der Waals surface area contributed by atoms with Gasteiger partial charge in [-0.3, -0.25) is 19.8 Å². The SMILES string of the molecule is CC1CN(Cc2ccccc2NC(=O)CCNc2ccc(C(F)(F)F)cc2[N+](=O)[O-])CC(C)O1. The third-order valence-corrected chi connectivity index (χ3v) is 5.37. The summed E-state index contributed by atoms with van der Waals surface area (Å²) in [6.45, 7) is 6.25. The second-order valence-corrected chi connectivity index (χ2v) is 8.32. The number of hydrogen-bond donors (Lipinski definition) is 2. The highest BCUT2D eigenvalue weighted by Crippen LogP contribution is 2.35. The summed E-state index contributed by atoms with van der Waals surface area (Å²) < 4.78 is 44.3. The molecule has 1 saturated heterocycles. The summed E-state index contributed by atoms with van der Waals surface area (Å²) in [5.74, 6) is -0.321. The molecule has 1 aliphatic heterocycles. The summed E-state index contributed by atoms with van der Waals surface area (Å²) in [5, 5.41) is 16.7. The third kappa shape index (κ3) is 6.91. The number of nitro groups is 1. The summed E-state index contributed by atoms with van der Waals surface area (Å²) in [7, 11) is 0. The Bertz CT molecular complexity index is 1020. The van der Waals surface area contributed by atoms with Crippen LogP contribution in [0.15, 0.2) is 42.5 Å². The molecule has 1 fully saturated rings. The number of benzene rings is 2. The maximum Gasteiger partial charge on any atom is 0.416 e. The number of rotatable bonds is 8.